The number of alkyl carbamates (subject to hydrolysis) is 1. The van der Waals surface area contributed by atoms with E-state index in [4.69, 9.17) is 14.2 Å². The number of hydrogen-bond donors (Lipinski definition) is 1. The van der Waals surface area contributed by atoms with E-state index < -0.39 is 47.4 Å². The van der Waals surface area contributed by atoms with Crippen molar-refractivity contribution in [1.82, 2.24) is 10.2 Å². The normalized spacial score (nSPS) is 19.5. The average molecular weight is 463 g/mol. The monoisotopic (exact) mass is 462 g/mol. The molecule has 9 nitrogen and oxygen atoms in total. The number of methoxy groups -OCH3 is 1. The van der Waals surface area contributed by atoms with E-state index in [0.29, 0.717) is 5.56 Å². The van der Waals surface area contributed by atoms with Gasteiger partial charge in [-0.25, -0.2) is 14.4 Å². The van der Waals surface area contributed by atoms with Gasteiger partial charge in [-0.2, -0.15) is 0 Å². The largest absolute Gasteiger partial charge is 0.467 e. The SMILES string of the molecule is COC(=O)[C@H](CC[C@H]1C(=O)O[C@@H](C(C)(C)C)N1C(=O)c1ccccc1)NC(=O)OC(C)(C)C. The highest BCUT2D eigenvalue weighted by atomic mass is 16.6. The predicted molar refractivity (Wildman–Crippen MR) is 120 cm³/mol. The lowest BCUT2D eigenvalue weighted by Gasteiger charge is -2.34. The van der Waals surface area contributed by atoms with Gasteiger partial charge >= 0.3 is 18.0 Å². The van der Waals surface area contributed by atoms with Gasteiger partial charge in [-0.05, 0) is 45.7 Å². The first-order valence-electron chi connectivity index (χ1n) is 10.9. The van der Waals surface area contributed by atoms with E-state index in [1.165, 1.54) is 12.0 Å². The molecule has 2 amide bonds. The number of ether oxygens (including phenoxy) is 3. The van der Waals surface area contributed by atoms with Gasteiger partial charge in [0.25, 0.3) is 5.91 Å². The van der Waals surface area contributed by atoms with E-state index in [-0.39, 0.29) is 18.7 Å². The average Bonchev–Trinajstić information content (AvgIpc) is 3.05. The molecule has 182 valence electrons. The van der Waals surface area contributed by atoms with Crippen LogP contribution in [0.15, 0.2) is 30.3 Å². The summed E-state index contributed by atoms with van der Waals surface area (Å²) in [5, 5.41) is 2.49. The van der Waals surface area contributed by atoms with Crippen molar-refractivity contribution in [2.24, 2.45) is 5.41 Å². The van der Waals surface area contributed by atoms with Crippen LogP contribution >= 0.6 is 0 Å². The zero-order chi connectivity index (χ0) is 25.0. The van der Waals surface area contributed by atoms with Gasteiger partial charge in [-0.15, -0.1) is 0 Å². The summed E-state index contributed by atoms with van der Waals surface area (Å²) in [4.78, 5) is 52.0. The maximum atomic E-state index is 13.3. The van der Waals surface area contributed by atoms with E-state index in [1.54, 1.807) is 51.1 Å². The third-order valence-electron chi connectivity index (χ3n) is 4.99. The van der Waals surface area contributed by atoms with Gasteiger partial charge < -0.3 is 19.5 Å². The van der Waals surface area contributed by atoms with Crippen LogP contribution in [0.2, 0.25) is 0 Å². The summed E-state index contributed by atoms with van der Waals surface area (Å²) in [7, 11) is 1.21. The lowest BCUT2D eigenvalue weighted by molar-refractivity contribution is -0.147. The van der Waals surface area contributed by atoms with E-state index in [0.717, 1.165) is 0 Å². The molecule has 0 spiro atoms. The van der Waals surface area contributed by atoms with Gasteiger partial charge in [0.05, 0.1) is 7.11 Å². The molecule has 1 N–H and O–H groups in total. The quantitative estimate of drug-likeness (QED) is 0.510. The lowest BCUT2D eigenvalue weighted by atomic mass is 9.92. The van der Waals surface area contributed by atoms with Crippen molar-refractivity contribution in [3.05, 3.63) is 35.9 Å². The first kappa shape index (κ1) is 26.2. The van der Waals surface area contributed by atoms with Gasteiger partial charge in [0.15, 0.2) is 6.23 Å². The molecule has 0 saturated carbocycles. The second-order valence-corrected chi connectivity index (χ2v) is 10.0. The molecule has 1 aromatic carbocycles. The summed E-state index contributed by atoms with van der Waals surface area (Å²) < 4.78 is 15.6. The minimum atomic E-state index is -1.06. The number of esters is 2. The molecule has 0 bridgehead atoms. The van der Waals surface area contributed by atoms with Gasteiger partial charge in [0, 0.05) is 11.0 Å². The third-order valence-corrected chi connectivity index (χ3v) is 4.99. The maximum absolute atomic E-state index is 13.3. The molecule has 1 saturated heterocycles. The number of nitrogens with zero attached hydrogens (tertiary/aromatic N) is 1. The van der Waals surface area contributed by atoms with Crippen molar-refractivity contribution in [1.29, 1.82) is 0 Å². The number of amides is 2. The van der Waals surface area contributed by atoms with Crippen LogP contribution in [0.25, 0.3) is 0 Å². The topological polar surface area (TPSA) is 111 Å². The van der Waals surface area contributed by atoms with Gasteiger partial charge in [0.1, 0.15) is 17.7 Å². The Balaban J connectivity index is 2.25. The fraction of sp³-hybridized carbons (Fsp3) is 0.583. The van der Waals surface area contributed by atoms with Crippen LogP contribution in [-0.2, 0) is 23.8 Å². The highest BCUT2D eigenvalue weighted by Crippen LogP contribution is 2.35. The first-order chi connectivity index (χ1) is 15.2. The summed E-state index contributed by atoms with van der Waals surface area (Å²) in [6, 6.07) is 6.64. The highest BCUT2D eigenvalue weighted by molar-refractivity contribution is 5.98. The van der Waals surface area contributed by atoms with Crippen LogP contribution in [0.3, 0.4) is 0 Å². The molecular weight excluding hydrogens is 428 g/mol. The molecule has 33 heavy (non-hydrogen) atoms. The highest BCUT2D eigenvalue weighted by Gasteiger charge is 2.50. The number of rotatable bonds is 6. The van der Waals surface area contributed by atoms with Crippen LogP contribution < -0.4 is 5.32 Å². The standard InChI is InChI=1S/C24H34N2O7/c1-23(2,3)21-26(18(27)15-11-9-8-10-12-15)17(20(29)32-21)14-13-16(19(28)31-7)25-22(30)33-24(4,5)6/h8-12,16-17,21H,13-14H2,1-7H3,(H,25,30)/t16-,17-,21-/m0/s1. The Morgan fingerprint density at radius 3 is 2.21 bits per heavy atom. The second-order valence-electron chi connectivity index (χ2n) is 10.0. The van der Waals surface area contributed by atoms with Crippen molar-refractivity contribution in [3.8, 4) is 0 Å². The summed E-state index contributed by atoms with van der Waals surface area (Å²) in [5.74, 6) is -1.58. The van der Waals surface area contributed by atoms with E-state index in [1.807, 2.05) is 20.8 Å². The molecule has 9 heteroatoms. The smallest absolute Gasteiger partial charge is 0.408 e. The Bertz CT molecular complexity index is 871. The van der Waals surface area contributed by atoms with Crippen LogP contribution in [0.1, 0.15) is 64.7 Å². The van der Waals surface area contributed by atoms with Crippen molar-refractivity contribution in [2.45, 2.75) is 78.3 Å². The number of nitrogens with one attached hydrogen (secondary N) is 1. The molecule has 1 aromatic rings. The van der Waals surface area contributed by atoms with Crippen LogP contribution in [0, 0.1) is 5.41 Å². The van der Waals surface area contributed by atoms with Crippen molar-refractivity contribution < 1.29 is 33.4 Å². The van der Waals surface area contributed by atoms with E-state index in [2.05, 4.69) is 5.32 Å². The lowest BCUT2D eigenvalue weighted by Crippen LogP contribution is -2.49. The third kappa shape index (κ3) is 6.94. The van der Waals surface area contributed by atoms with Crippen LogP contribution in [-0.4, -0.2) is 59.9 Å². The molecule has 1 fully saturated rings. The molecule has 0 aromatic heterocycles. The van der Waals surface area contributed by atoms with Gasteiger partial charge in [-0.1, -0.05) is 39.0 Å². The van der Waals surface area contributed by atoms with E-state index >= 15 is 0 Å². The number of carbonyl (C=O) groups excluding carboxylic acids is 4. The zero-order valence-electron chi connectivity index (χ0n) is 20.3. The molecule has 3 atom stereocenters. The van der Waals surface area contributed by atoms with Crippen LogP contribution in [0.4, 0.5) is 4.79 Å². The number of cyclic esters (lactones) is 1. The molecule has 0 radical (unpaired) electrons. The second kappa shape index (κ2) is 10.2. The number of benzene rings is 1. The molecule has 0 aliphatic carbocycles. The van der Waals surface area contributed by atoms with Crippen molar-refractivity contribution in [2.75, 3.05) is 7.11 Å². The zero-order valence-corrected chi connectivity index (χ0v) is 20.3. The van der Waals surface area contributed by atoms with Crippen molar-refractivity contribution >= 4 is 23.9 Å². The summed E-state index contributed by atoms with van der Waals surface area (Å²) >= 11 is 0. The van der Waals surface area contributed by atoms with Gasteiger partial charge in [-0.3, -0.25) is 9.69 Å². The molecule has 2 rings (SSSR count). The summed E-state index contributed by atoms with van der Waals surface area (Å²) in [6.07, 6.45) is -1.43. The number of hydrogen-bond acceptors (Lipinski definition) is 7. The Kier molecular flexibility index (Phi) is 8.11. The fourth-order valence-electron chi connectivity index (χ4n) is 3.52. The van der Waals surface area contributed by atoms with Gasteiger partial charge in [0.2, 0.25) is 0 Å². The summed E-state index contributed by atoms with van der Waals surface area (Å²) in [5.41, 5.74) is -0.865. The van der Waals surface area contributed by atoms with Crippen LogP contribution in [0.5, 0.6) is 0 Å². The Hall–Kier alpha value is -3.10. The van der Waals surface area contributed by atoms with Crippen molar-refractivity contribution in [3.63, 3.8) is 0 Å². The Morgan fingerprint density at radius 2 is 1.70 bits per heavy atom. The fourth-order valence-corrected chi connectivity index (χ4v) is 3.52. The Labute approximate surface area is 194 Å². The molecule has 0 unspecified atom stereocenters. The Morgan fingerprint density at radius 1 is 1.09 bits per heavy atom. The van der Waals surface area contributed by atoms with E-state index in [9.17, 15) is 19.2 Å². The number of carbonyl (C=O) groups is 4. The minimum Gasteiger partial charge on any atom is -0.467 e. The molecule has 1 heterocycles. The maximum Gasteiger partial charge on any atom is 0.408 e. The summed E-state index contributed by atoms with van der Waals surface area (Å²) in [6.45, 7) is 10.7. The first-order valence-corrected chi connectivity index (χ1v) is 10.9. The molecular formula is C24H34N2O7. The predicted octanol–water partition coefficient (Wildman–Crippen LogP) is 3.27. The molecule has 1 aliphatic heterocycles. The minimum absolute atomic E-state index is 0.0428. The molecule has 1 aliphatic rings.